The molecule has 1 aliphatic rings. The van der Waals surface area contributed by atoms with E-state index < -0.39 is 11.7 Å². The van der Waals surface area contributed by atoms with Crippen LogP contribution in [-0.2, 0) is 11.3 Å². The van der Waals surface area contributed by atoms with Gasteiger partial charge in [0.25, 0.3) is 0 Å². The summed E-state index contributed by atoms with van der Waals surface area (Å²) in [6.45, 7) is 10.2. The summed E-state index contributed by atoms with van der Waals surface area (Å²) in [4.78, 5) is 17.1. The van der Waals surface area contributed by atoms with Crippen molar-refractivity contribution in [1.82, 2.24) is 19.9 Å². The largest absolute Gasteiger partial charge is 0.467 e. The van der Waals surface area contributed by atoms with E-state index in [2.05, 4.69) is 49.6 Å². The fraction of sp³-hybridized carbons (Fsp3) is 0.458. The number of aryl methyl sites for hydroxylation is 1. The van der Waals surface area contributed by atoms with Crippen molar-refractivity contribution in [2.75, 3.05) is 5.32 Å². The second kappa shape index (κ2) is 9.62. The van der Waals surface area contributed by atoms with Crippen LogP contribution in [0.2, 0.25) is 5.28 Å². The number of fused-ring (bicyclic) bond motifs is 1. The maximum absolute atomic E-state index is 12.6. The lowest BCUT2D eigenvalue weighted by molar-refractivity contribution is 0.0494. The van der Waals surface area contributed by atoms with Crippen LogP contribution in [-0.4, -0.2) is 32.3 Å². The molecule has 0 fully saturated rings. The minimum atomic E-state index is -0.568. The lowest BCUT2D eigenvalue weighted by Crippen LogP contribution is -2.43. The zero-order chi connectivity index (χ0) is 24.6. The number of carbonyl (C=O) groups excluding carboxylic acids is 1. The summed E-state index contributed by atoms with van der Waals surface area (Å²) in [5.74, 6) is 1.41. The monoisotopic (exact) mass is 549 g/mol. The predicted molar refractivity (Wildman–Crippen MR) is 135 cm³/mol. The average Bonchev–Trinajstić information content (AvgIpc) is 3.33. The second-order valence-corrected chi connectivity index (χ2v) is 10.7. The van der Waals surface area contributed by atoms with E-state index in [9.17, 15) is 4.79 Å². The lowest BCUT2D eigenvalue weighted by atomic mass is 9.80. The number of alkyl carbamates (subject to hydrolysis) is 1. The molecule has 3 aromatic rings. The van der Waals surface area contributed by atoms with E-state index in [1.165, 1.54) is 5.57 Å². The van der Waals surface area contributed by atoms with E-state index in [0.717, 1.165) is 39.8 Å². The van der Waals surface area contributed by atoms with Crippen molar-refractivity contribution in [3.63, 3.8) is 0 Å². The molecule has 0 saturated carbocycles. The summed E-state index contributed by atoms with van der Waals surface area (Å²) in [6.07, 6.45) is 4.95. The summed E-state index contributed by atoms with van der Waals surface area (Å²) in [5, 5.41) is 11.0. The number of allylic oxidation sites excluding steroid dienone is 1. The van der Waals surface area contributed by atoms with Crippen molar-refractivity contribution < 1.29 is 13.9 Å². The van der Waals surface area contributed by atoms with E-state index >= 15 is 0 Å². The molecular formula is C24H29BrClN5O3. The van der Waals surface area contributed by atoms with Crippen LogP contribution in [0.1, 0.15) is 63.3 Å². The van der Waals surface area contributed by atoms with Gasteiger partial charge in [-0.15, -0.1) is 5.10 Å². The van der Waals surface area contributed by atoms with E-state index in [4.69, 9.17) is 20.8 Å². The molecule has 182 valence electrons. The molecule has 3 aromatic heterocycles. The SMILES string of the molecule is CC1=CCC(c2c(C)c3c(NCc4ccco4)nc(Cl)nn3c2Br)C(NC(=O)OC(C)(C)C)C1. The van der Waals surface area contributed by atoms with Gasteiger partial charge in [-0.25, -0.2) is 9.31 Å². The van der Waals surface area contributed by atoms with Gasteiger partial charge in [-0.1, -0.05) is 11.6 Å². The number of halogens is 2. The third-order valence-electron chi connectivity index (χ3n) is 5.82. The summed E-state index contributed by atoms with van der Waals surface area (Å²) >= 11 is 10.0. The average molecular weight is 551 g/mol. The Labute approximate surface area is 212 Å². The van der Waals surface area contributed by atoms with Gasteiger partial charge < -0.3 is 19.8 Å². The number of hydrogen-bond acceptors (Lipinski definition) is 6. The minimum Gasteiger partial charge on any atom is -0.467 e. The van der Waals surface area contributed by atoms with Crippen LogP contribution in [0.25, 0.3) is 5.52 Å². The molecule has 0 saturated heterocycles. The number of rotatable bonds is 5. The van der Waals surface area contributed by atoms with Gasteiger partial charge >= 0.3 is 6.09 Å². The van der Waals surface area contributed by atoms with Crippen molar-refractivity contribution in [3.05, 3.63) is 56.8 Å². The van der Waals surface area contributed by atoms with Crippen molar-refractivity contribution >= 4 is 45.0 Å². The van der Waals surface area contributed by atoms with Crippen LogP contribution in [0.4, 0.5) is 10.6 Å². The quantitative estimate of drug-likeness (QED) is 0.358. The van der Waals surface area contributed by atoms with E-state index in [1.807, 2.05) is 39.8 Å². The number of carbonyl (C=O) groups is 1. The minimum absolute atomic E-state index is 0.0176. The van der Waals surface area contributed by atoms with E-state index in [1.54, 1.807) is 10.8 Å². The van der Waals surface area contributed by atoms with Crippen LogP contribution in [0.3, 0.4) is 0 Å². The first kappa shape index (κ1) is 24.6. The molecule has 8 nitrogen and oxygen atoms in total. The van der Waals surface area contributed by atoms with Gasteiger partial charge in [0.2, 0.25) is 5.28 Å². The Kier molecular flexibility index (Phi) is 6.96. The molecule has 3 heterocycles. The molecule has 2 atom stereocenters. The highest BCUT2D eigenvalue weighted by molar-refractivity contribution is 9.10. The number of hydrogen-bond donors (Lipinski definition) is 2. The highest BCUT2D eigenvalue weighted by Gasteiger charge is 2.34. The fourth-order valence-electron chi connectivity index (χ4n) is 4.41. The van der Waals surface area contributed by atoms with Gasteiger partial charge in [0, 0.05) is 12.0 Å². The molecular weight excluding hydrogens is 522 g/mol. The molecule has 0 bridgehead atoms. The van der Waals surface area contributed by atoms with Gasteiger partial charge in [-0.05, 0) is 98.3 Å². The van der Waals surface area contributed by atoms with Gasteiger partial charge in [-0.2, -0.15) is 4.98 Å². The topological polar surface area (TPSA) is 93.7 Å². The molecule has 1 aliphatic carbocycles. The molecule has 0 radical (unpaired) electrons. The van der Waals surface area contributed by atoms with Crippen LogP contribution >= 0.6 is 27.5 Å². The maximum Gasteiger partial charge on any atom is 0.407 e. The molecule has 0 aliphatic heterocycles. The Morgan fingerprint density at radius 3 is 2.82 bits per heavy atom. The van der Waals surface area contributed by atoms with Crippen LogP contribution in [0.5, 0.6) is 0 Å². The van der Waals surface area contributed by atoms with Crippen molar-refractivity contribution in [3.8, 4) is 0 Å². The fourth-order valence-corrected chi connectivity index (χ4v) is 5.42. The lowest BCUT2D eigenvalue weighted by Gasteiger charge is -2.32. The Balaban J connectivity index is 1.72. The van der Waals surface area contributed by atoms with Gasteiger partial charge in [0.15, 0.2) is 5.82 Å². The Hall–Kier alpha value is -2.52. The number of ether oxygens (including phenoxy) is 1. The molecule has 2 unspecified atom stereocenters. The molecule has 2 N–H and O–H groups in total. The summed E-state index contributed by atoms with van der Waals surface area (Å²) < 4.78 is 13.5. The zero-order valence-corrected chi connectivity index (χ0v) is 22.2. The number of furan rings is 1. The number of amides is 1. The molecule has 4 rings (SSSR count). The van der Waals surface area contributed by atoms with Crippen LogP contribution in [0.15, 0.2) is 39.1 Å². The molecule has 0 aromatic carbocycles. The van der Waals surface area contributed by atoms with Crippen molar-refractivity contribution in [1.29, 1.82) is 0 Å². The smallest absolute Gasteiger partial charge is 0.407 e. The number of anilines is 1. The molecule has 0 spiro atoms. The van der Waals surface area contributed by atoms with E-state index in [0.29, 0.717) is 12.4 Å². The standard InChI is InChI=1S/C24H29BrClN5O3/c1-13-8-9-16(17(11-13)28-23(32)34-24(3,4)5)18-14(2)19-21(27-12-15-7-6-10-33-15)29-22(26)30-31(19)20(18)25/h6-8,10,16-17H,9,11-12H2,1-5H3,(H,28,32)(H,27,29,30). The Morgan fingerprint density at radius 1 is 1.38 bits per heavy atom. The number of nitrogens with zero attached hydrogens (tertiary/aromatic N) is 3. The number of nitrogens with one attached hydrogen (secondary N) is 2. The molecule has 10 heteroatoms. The summed E-state index contributed by atoms with van der Waals surface area (Å²) in [7, 11) is 0. The first-order valence-corrected chi connectivity index (χ1v) is 12.4. The van der Waals surface area contributed by atoms with Crippen LogP contribution < -0.4 is 10.6 Å². The zero-order valence-electron chi connectivity index (χ0n) is 19.9. The van der Waals surface area contributed by atoms with Gasteiger partial charge in [0.05, 0.1) is 12.8 Å². The Morgan fingerprint density at radius 2 is 2.15 bits per heavy atom. The molecule has 1 amide bonds. The van der Waals surface area contributed by atoms with Gasteiger partial charge in [0.1, 0.15) is 21.5 Å². The predicted octanol–water partition coefficient (Wildman–Crippen LogP) is 6.38. The van der Waals surface area contributed by atoms with Crippen molar-refractivity contribution in [2.45, 2.75) is 71.6 Å². The normalized spacial score (nSPS) is 18.6. The molecule has 34 heavy (non-hydrogen) atoms. The van der Waals surface area contributed by atoms with Crippen molar-refractivity contribution in [2.24, 2.45) is 0 Å². The highest BCUT2D eigenvalue weighted by Crippen LogP contribution is 2.42. The first-order chi connectivity index (χ1) is 16.0. The highest BCUT2D eigenvalue weighted by atomic mass is 79.9. The number of aromatic nitrogens is 3. The third kappa shape index (κ3) is 5.25. The van der Waals surface area contributed by atoms with E-state index in [-0.39, 0.29) is 17.2 Å². The van der Waals surface area contributed by atoms with Crippen LogP contribution in [0, 0.1) is 6.92 Å². The first-order valence-electron chi connectivity index (χ1n) is 11.2. The van der Waals surface area contributed by atoms with Gasteiger partial charge in [-0.3, -0.25) is 0 Å². The maximum atomic E-state index is 12.6. The Bertz CT molecular complexity index is 1230. The summed E-state index contributed by atoms with van der Waals surface area (Å²) in [6, 6.07) is 3.60. The third-order valence-corrected chi connectivity index (χ3v) is 6.74. The second-order valence-electron chi connectivity index (χ2n) is 9.60. The summed E-state index contributed by atoms with van der Waals surface area (Å²) in [5.41, 5.74) is 3.56.